The molecule has 0 unspecified atom stereocenters. The third-order valence-electron chi connectivity index (χ3n) is 5.47. The molecular formula is C29H27O2. The van der Waals surface area contributed by atoms with Gasteiger partial charge in [-0.2, -0.15) is 0 Å². The first-order chi connectivity index (χ1) is 15.2. The molecule has 2 nitrogen and oxygen atoms in total. The van der Waals surface area contributed by atoms with Gasteiger partial charge in [0.1, 0.15) is 11.5 Å². The number of phenols is 1. The molecule has 0 aromatic heterocycles. The number of hydrogen-bond acceptors (Lipinski definition) is 2. The molecular weight excluding hydrogens is 380 g/mol. The molecule has 2 heteroatoms. The van der Waals surface area contributed by atoms with E-state index in [1.807, 2.05) is 30.3 Å². The molecule has 0 atom stereocenters. The van der Waals surface area contributed by atoms with Crippen molar-refractivity contribution in [1.29, 1.82) is 0 Å². The second kappa shape index (κ2) is 10.3. The smallest absolute Gasteiger partial charge is 0.119 e. The topological polar surface area (TPSA) is 29.5 Å². The SMILES string of the molecule is CC/C(=C(/c1ccccc1)c1ccc(OCC[C]2[CH][CH][CH][CH]2)cc1)c1ccc(O)cc1. The van der Waals surface area contributed by atoms with Gasteiger partial charge in [-0.05, 0) is 96.5 Å². The number of benzene rings is 3. The first-order valence-corrected chi connectivity index (χ1v) is 10.8. The lowest BCUT2D eigenvalue weighted by molar-refractivity contribution is 0.317. The summed E-state index contributed by atoms with van der Waals surface area (Å²) in [5, 5.41) is 9.72. The fourth-order valence-electron chi connectivity index (χ4n) is 3.89. The zero-order chi connectivity index (χ0) is 21.5. The maximum atomic E-state index is 9.72. The van der Waals surface area contributed by atoms with Crippen molar-refractivity contribution in [2.75, 3.05) is 6.61 Å². The van der Waals surface area contributed by atoms with Crippen molar-refractivity contribution in [2.45, 2.75) is 19.8 Å². The molecule has 0 heterocycles. The third-order valence-corrected chi connectivity index (χ3v) is 5.47. The minimum atomic E-state index is 0.281. The maximum Gasteiger partial charge on any atom is 0.119 e. The Balaban J connectivity index is 1.61. The van der Waals surface area contributed by atoms with Gasteiger partial charge in [0, 0.05) is 0 Å². The van der Waals surface area contributed by atoms with Crippen LogP contribution in [0.1, 0.15) is 36.5 Å². The van der Waals surface area contributed by atoms with Gasteiger partial charge in [-0.15, -0.1) is 0 Å². The lowest BCUT2D eigenvalue weighted by Crippen LogP contribution is -2.03. The highest BCUT2D eigenvalue weighted by Gasteiger charge is 2.17. The first-order valence-electron chi connectivity index (χ1n) is 10.8. The van der Waals surface area contributed by atoms with E-state index in [9.17, 15) is 5.11 Å². The fraction of sp³-hybridized carbons (Fsp3) is 0.138. The zero-order valence-corrected chi connectivity index (χ0v) is 17.8. The molecule has 1 aliphatic carbocycles. The first kappa shape index (κ1) is 21.2. The predicted octanol–water partition coefficient (Wildman–Crippen LogP) is 6.94. The van der Waals surface area contributed by atoms with Crippen molar-refractivity contribution in [3.05, 3.63) is 127 Å². The van der Waals surface area contributed by atoms with Gasteiger partial charge in [-0.3, -0.25) is 0 Å². The van der Waals surface area contributed by atoms with Crippen molar-refractivity contribution >= 4 is 11.1 Å². The molecule has 4 rings (SSSR count). The van der Waals surface area contributed by atoms with Crippen molar-refractivity contribution in [3.8, 4) is 11.5 Å². The molecule has 3 aromatic rings. The largest absolute Gasteiger partial charge is 0.508 e. The van der Waals surface area contributed by atoms with Crippen LogP contribution in [0.5, 0.6) is 11.5 Å². The van der Waals surface area contributed by atoms with Crippen LogP contribution in [0, 0.1) is 31.6 Å². The molecule has 3 aromatic carbocycles. The van der Waals surface area contributed by atoms with Crippen LogP contribution >= 0.6 is 0 Å². The average molecular weight is 408 g/mol. The Morgan fingerprint density at radius 2 is 1.35 bits per heavy atom. The second-order valence-corrected chi connectivity index (χ2v) is 7.54. The number of phenolic OH excluding ortho intramolecular Hbond substituents is 1. The quantitative estimate of drug-likeness (QED) is 0.410. The van der Waals surface area contributed by atoms with E-state index in [2.05, 4.69) is 69.0 Å². The molecule has 31 heavy (non-hydrogen) atoms. The number of aromatic hydroxyl groups is 1. The summed E-state index contributed by atoms with van der Waals surface area (Å²) < 4.78 is 5.96. The summed E-state index contributed by atoms with van der Waals surface area (Å²) in [4.78, 5) is 0. The summed E-state index contributed by atoms with van der Waals surface area (Å²) in [5.41, 5.74) is 5.90. The van der Waals surface area contributed by atoms with Crippen LogP contribution in [0.25, 0.3) is 11.1 Å². The molecule has 155 valence electrons. The summed E-state index contributed by atoms with van der Waals surface area (Å²) in [6.07, 6.45) is 10.2. The molecule has 0 bridgehead atoms. The molecule has 1 N–H and O–H groups in total. The Hall–Kier alpha value is -3.00. The van der Waals surface area contributed by atoms with Gasteiger partial charge < -0.3 is 9.84 Å². The van der Waals surface area contributed by atoms with E-state index in [1.165, 1.54) is 22.6 Å². The molecule has 0 aliphatic heterocycles. The molecule has 0 saturated heterocycles. The van der Waals surface area contributed by atoms with E-state index in [-0.39, 0.29) is 5.75 Å². The van der Waals surface area contributed by atoms with Crippen LogP contribution in [-0.2, 0) is 0 Å². The van der Waals surface area contributed by atoms with Crippen molar-refractivity contribution < 1.29 is 9.84 Å². The van der Waals surface area contributed by atoms with E-state index < -0.39 is 0 Å². The Labute approximate surface area is 186 Å². The lowest BCUT2D eigenvalue weighted by Gasteiger charge is -2.17. The molecule has 1 saturated carbocycles. The van der Waals surface area contributed by atoms with Crippen molar-refractivity contribution in [1.82, 2.24) is 0 Å². The lowest BCUT2D eigenvalue weighted by atomic mass is 9.88. The van der Waals surface area contributed by atoms with E-state index >= 15 is 0 Å². The van der Waals surface area contributed by atoms with Gasteiger partial charge in [0.05, 0.1) is 6.61 Å². The molecule has 1 fully saturated rings. The third kappa shape index (κ3) is 5.38. The van der Waals surface area contributed by atoms with E-state index in [1.54, 1.807) is 12.1 Å². The molecule has 0 amide bonds. The molecule has 5 radical (unpaired) electrons. The van der Waals surface area contributed by atoms with Crippen molar-refractivity contribution in [2.24, 2.45) is 0 Å². The normalized spacial score (nSPS) is 15.0. The molecule has 1 aliphatic rings. The Morgan fingerprint density at radius 3 is 2.00 bits per heavy atom. The average Bonchev–Trinajstić information content (AvgIpc) is 3.33. The second-order valence-electron chi connectivity index (χ2n) is 7.54. The maximum absolute atomic E-state index is 9.72. The summed E-state index contributed by atoms with van der Waals surface area (Å²) in [7, 11) is 0. The van der Waals surface area contributed by atoms with Crippen molar-refractivity contribution in [3.63, 3.8) is 0 Å². The van der Waals surface area contributed by atoms with Crippen LogP contribution in [0.4, 0.5) is 0 Å². The van der Waals surface area contributed by atoms with Gasteiger partial charge >= 0.3 is 0 Å². The number of rotatable bonds is 8. The fourth-order valence-corrected chi connectivity index (χ4v) is 3.89. The highest BCUT2D eigenvalue weighted by Crippen LogP contribution is 2.35. The van der Waals surface area contributed by atoms with Gasteiger partial charge in [0.2, 0.25) is 0 Å². The van der Waals surface area contributed by atoms with E-state index in [4.69, 9.17) is 4.74 Å². The highest BCUT2D eigenvalue weighted by atomic mass is 16.5. The Bertz CT molecular complexity index is 979. The Kier molecular flexibility index (Phi) is 7.09. The van der Waals surface area contributed by atoms with Gasteiger partial charge in [0.25, 0.3) is 0 Å². The van der Waals surface area contributed by atoms with Crippen LogP contribution < -0.4 is 4.74 Å². The van der Waals surface area contributed by atoms with Crippen LogP contribution in [0.2, 0.25) is 0 Å². The van der Waals surface area contributed by atoms with Crippen LogP contribution in [-0.4, -0.2) is 11.7 Å². The number of hydrogen-bond donors (Lipinski definition) is 1. The highest BCUT2D eigenvalue weighted by molar-refractivity contribution is 5.98. The van der Waals surface area contributed by atoms with Gasteiger partial charge in [-0.25, -0.2) is 0 Å². The van der Waals surface area contributed by atoms with Crippen LogP contribution in [0.15, 0.2) is 78.9 Å². The van der Waals surface area contributed by atoms with E-state index in [0.717, 1.165) is 29.7 Å². The Morgan fingerprint density at radius 1 is 0.742 bits per heavy atom. The summed E-state index contributed by atoms with van der Waals surface area (Å²) in [6.45, 7) is 2.84. The van der Waals surface area contributed by atoms with Gasteiger partial charge in [0.15, 0.2) is 0 Å². The summed E-state index contributed by atoms with van der Waals surface area (Å²) in [5.74, 6) is 2.46. The summed E-state index contributed by atoms with van der Waals surface area (Å²) >= 11 is 0. The van der Waals surface area contributed by atoms with Gasteiger partial charge in [-0.1, -0.05) is 61.5 Å². The van der Waals surface area contributed by atoms with Crippen LogP contribution in [0.3, 0.4) is 0 Å². The minimum absolute atomic E-state index is 0.281. The summed E-state index contributed by atoms with van der Waals surface area (Å²) in [6, 6.07) is 26.3. The number of allylic oxidation sites excluding steroid dienone is 1. The minimum Gasteiger partial charge on any atom is -0.508 e. The number of ether oxygens (including phenoxy) is 1. The predicted molar refractivity (Wildman–Crippen MR) is 128 cm³/mol. The van der Waals surface area contributed by atoms with E-state index in [0.29, 0.717) is 6.61 Å². The zero-order valence-electron chi connectivity index (χ0n) is 17.8. The standard InChI is InChI=1S/C29H27O2/c1-2-28(23-12-16-26(30)17-13-23)29(24-10-4-3-5-11-24)25-14-18-27(19-15-25)31-21-20-22-8-6-7-9-22/h3-19,30H,2,20-21H2,1H3/b29-28+. The monoisotopic (exact) mass is 407 g/mol. The molecule has 0 spiro atoms.